The Kier molecular flexibility index (Phi) is 8.24. The lowest BCUT2D eigenvalue weighted by Crippen LogP contribution is -2.56. The summed E-state index contributed by atoms with van der Waals surface area (Å²) in [5.74, 6) is 0.534. The molecule has 9 heteroatoms. The fourth-order valence-electron chi connectivity index (χ4n) is 4.34. The summed E-state index contributed by atoms with van der Waals surface area (Å²) in [6, 6.07) is 15.4. The van der Waals surface area contributed by atoms with Crippen molar-refractivity contribution in [2.75, 3.05) is 31.1 Å². The van der Waals surface area contributed by atoms with E-state index in [9.17, 15) is 10.1 Å². The van der Waals surface area contributed by atoms with Gasteiger partial charge in [-0.25, -0.2) is 9.78 Å². The number of ether oxygens (including phenoxy) is 2. The number of nitriles is 1. The molecule has 1 aliphatic rings. The first-order valence-electron chi connectivity index (χ1n) is 12.3. The third-order valence-corrected chi connectivity index (χ3v) is 6.32. The number of benzene rings is 2. The lowest BCUT2D eigenvalue weighted by molar-refractivity contribution is 0.0119. The van der Waals surface area contributed by atoms with Crippen LogP contribution in [0.2, 0.25) is 5.02 Å². The molecule has 0 unspecified atom stereocenters. The van der Waals surface area contributed by atoms with Crippen molar-refractivity contribution in [2.24, 2.45) is 0 Å². The Morgan fingerprint density at radius 1 is 1.22 bits per heavy atom. The zero-order valence-electron chi connectivity index (χ0n) is 21.4. The minimum atomic E-state index is -0.584. The maximum Gasteiger partial charge on any atom is 0.410 e. The van der Waals surface area contributed by atoms with Crippen molar-refractivity contribution < 1.29 is 14.3 Å². The lowest BCUT2D eigenvalue weighted by atomic mass is 10.1. The number of imidazole rings is 1. The Morgan fingerprint density at radius 2 is 2.05 bits per heavy atom. The predicted molar refractivity (Wildman–Crippen MR) is 143 cm³/mol. The van der Waals surface area contributed by atoms with Crippen LogP contribution in [0.1, 0.15) is 38.3 Å². The zero-order chi connectivity index (χ0) is 26.4. The van der Waals surface area contributed by atoms with Gasteiger partial charge in [0, 0.05) is 55.7 Å². The number of nitrogens with zero attached hydrogens (tertiary/aromatic N) is 5. The summed E-state index contributed by atoms with van der Waals surface area (Å²) in [4.78, 5) is 21.1. The normalized spacial score (nSPS) is 15.8. The number of aromatic nitrogens is 2. The van der Waals surface area contributed by atoms with Gasteiger partial charge in [-0.15, -0.1) is 0 Å². The van der Waals surface area contributed by atoms with Crippen LogP contribution in [-0.2, 0) is 11.3 Å². The molecule has 8 nitrogen and oxygen atoms in total. The standard InChI is InChI=1S/C28H32ClN5O3/c1-28(2,3)37-27(35)34-13-12-33(24-6-4-5-23(29)16-24)19-25(34)9-14-36-26-15-21(7-8-22(26)17-30)18-32-11-10-31-20-32/h4-8,10-11,15-16,20,25H,9,12-14,18-19H2,1-3H3/t25-/m0/s1. The van der Waals surface area contributed by atoms with Crippen LogP contribution in [0.4, 0.5) is 10.5 Å². The molecule has 1 aromatic heterocycles. The molecular formula is C28H32ClN5O3. The molecule has 0 N–H and O–H groups in total. The van der Waals surface area contributed by atoms with Gasteiger partial charge < -0.3 is 23.8 Å². The van der Waals surface area contributed by atoms with E-state index >= 15 is 0 Å². The van der Waals surface area contributed by atoms with E-state index in [1.54, 1.807) is 23.5 Å². The van der Waals surface area contributed by atoms with Gasteiger partial charge in [-0.05, 0) is 56.7 Å². The number of halogens is 1. The first kappa shape index (κ1) is 26.4. The molecule has 4 rings (SSSR count). The summed E-state index contributed by atoms with van der Waals surface area (Å²) >= 11 is 6.23. The Morgan fingerprint density at radius 3 is 2.76 bits per heavy atom. The van der Waals surface area contributed by atoms with Crippen molar-refractivity contribution in [1.29, 1.82) is 5.26 Å². The molecule has 1 aliphatic heterocycles. The molecule has 2 aromatic carbocycles. The molecule has 0 saturated carbocycles. The van der Waals surface area contributed by atoms with Crippen LogP contribution < -0.4 is 9.64 Å². The number of carbonyl (C=O) groups excluding carboxylic acids is 1. The highest BCUT2D eigenvalue weighted by Crippen LogP contribution is 2.26. The number of amides is 1. The van der Waals surface area contributed by atoms with Crippen LogP contribution in [0.5, 0.6) is 5.75 Å². The molecule has 1 fully saturated rings. The van der Waals surface area contributed by atoms with E-state index in [2.05, 4.69) is 16.0 Å². The van der Waals surface area contributed by atoms with Crippen LogP contribution in [0.3, 0.4) is 0 Å². The van der Waals surface area contributed by atoms with Crippen molar-refractivity contribution in [2.45, 2.75) is 45.4 Å². The first-order chi connectivity index (χ1) is 17.7. The quantitative estimate of drug-likeness (QED) is 0.416. The third-order valence-electron chi connectivity index (χ3n) is 6.08. The zero-order valence-corrected chi connectivity index (χ0v) is 22.2. The van der Waals surface area contributed by atoms with E-state index in [0.29, 0.717) is 55.5 Å². The fourth-order valence-corrected chi connectivity index (χ4v) is 4.53. The van der Waals surface area contributed by atoms with E-state index < -0.39 is 5.60 Å². The molecule has 1 atom stereocenters. The number of hydrogen-bond acceptors (Lipinski definition) is 6. The van der Waals surface area contributed by atoms with E-state index in [-0.39, 0.29) is 12.1 Å². The number of piperazine rings is 1. The molecule has 3 aromatic rings. The maximum absolute atomic E-state index is 13.0. The Balaban J connectivity index is 1.47. The minimum Gasteiger partial charge on any atom is -0.492 e. The van der Waals surface area contributed by atoms with Gasteiger partial charge >= 0.3 is 6.09 Å². The molecule has 1 saturated heterocycles. The minimum absolute atomic E-state index is 0.137. The molecule has 2 heterocycles. The summed E-state index contributed by atoms with van der Waals surface area (Å²) in [6.45, 7) is 8.39. The van der Waals surface area contributed by atoms with Crippen molar-refractivity contribution >= 4 is 23.4 Å². The predicted octanol–water partition coefficient (Wildman–Crippen LogP) is 5.35. The average Bonchev–Trinajstić information content (AvgIpc) is 3.36. The number of carbonyl (C=O) groups is 1. The van der Waals surface area contributed by atoms with Gasteiger partial charge in [0.15, 0.2) is 0 Å². The highest BCUT2D eigenvalue weighted by atomic mass is 35.5. The lowest BCUT2D eigenvalue weighted by Gasteiger charge is -2.42. The van der Waals surface area contributed by atoms with E-state index in [1.165, 1.54) is 0 Å². The van der Waals surface area contributed by atoms with Crippen LogP contribution in [-0.4, -0.2) is 58.4 Å². The van der Waals surface area contributed by atoms with Crippen molar-refractivity contribution in [3.63, 3.8) is 0 Å². The average molecular weight is 522 g/mol. The Bertz CT molecular complexity index is 1250. The highest BCUT2D eigenvalue weighted by Gasteiger charge is 2.33. The van der Waals surface area contributed by atoms with Crippen LogP contribution in [0.25, 0.3) is 0 Å². The number of rotatable bonds is 7. The number of anilines is 1. The second-order valence-electron chi connectivity index (χ2n) is 10.1. The molecule has 37 heavy (non-hydrogen) atoms. The van der Waals surface area contributed by atoms with Gasteiger partial charge in [0.1, 0.15) is 17.4 Å². The molecule has 0 aliphatic carbocycles. The van der Waals surface area contributed by atoms with E-state index in [1.807, 2.05) is 67.9 Å². The van der Waals surface area contributed by atoms with Crippen molar-refractivity contribution in [3.8, 4) is 11.8 Å². The van der Waals surface area contributed by atoms with Crippen LogP contribution in [0.15, 0.2) is 61.2 Å². The molecule has 1 amide bonds. The number of hydrogen-bond donors (Lipinski definition) is 0. The van der Waals surface area contributed by atoms with E-state index in [4.69, 9.17) is 21.1 Å². The van der Waals surface area contributed by atoms with Crippen molar-refractivity contribution in [3.05, 3.63) is 77.3 Å². The Labute approximate surface area is 223 Å². The van der Waals surface area contributed by atoms with Gasteiger partial charge in [0.25, 0.3) is 0 Å². The fraction of sp³-hybridized carbons (Fsp3) is 0.393. The largest absolute Gasteiger partial charge is 0.492 e. The third kappa shape index (κ3) is 7.17. The second kappa shape index (κ2) is 11.6. The van der Waals surface area contributed by atoms with Gasteiger partial charge in [0.2, 0.25) is 0 Å². The monoisotopic (exact) mass is 521 g/mol. The summed E-state index contributed by atoms with van der Waals surface area (Å²) in [5, 5.41) is 10.3. The Hall–Kier alpha value is -3.70. The summed E-state index contributed by atoms with van der Waals surface area (Å²) in [7, 11) is 0. The van der Waals surface area contributed by atoms with Gasteiger partial charge in [-0.2, -0.15) is 5.26 Å². The van der Waals surface area contributed by atoms with Gasteiger partial charge in [-0.1, -0.05) is 23.7 Å². The van der Waals surface area contributed by atoms with Crippen molar-refractivity contribution in [1.82, 2.24) is 14.5 Å². The molecule has 0 bridgehead atoms. The smallest absolute Gasteiger partial charge is 0.410 e. The molecule has 0 radical (unpaired) electrons. The topological polar surface area (TPSA) is 83.6 Å². The SMILES string of the molecule is CC(C)(C)OC(=O)N1CCN(c2cccc(Cl)c2)C[C@@H]1CCOc1cc(Cn2ccnc2)ccc1C#N. The molecular weight excluding hydrogens is 490 g/mol. The molecule has 194 valence electrons. The van der Waals surface area contributed by atoms with Gasteiger partial charge in [0.05, 0.1) is 24.5 Å². The highest BCUT2D eigenvalue weighted by molar-refractivity contribution is 6.30. The summed E-state index contributed by atoms with van der Waals surface area (Å²) in [5.41, 5.74) is 1.91. The maximum atomic E-state index is 13.0. The summed E-state index contributed by atoms with van der Waals surface area (Å²) < 4.78 is 13.8. The first-order valence-corrected chi connectivity index (χ1v) is 12.7. The van der Waals surface area contributed by atoms with Crippen LogP contribution in [0, 0.1) is 11.3 Å². The van der Waals surface area contributed by atoms with Crippen LogP contribution >= 0.6 is 11.6 Å². The second-order valence-corrected chi connectivity index (χ2v) is 10.5. The van der Waals surface area contributed by atoms with Gasteiger partial charge in [-0.3, -0.25) is 0 Å². The van der Waals surface area contributed by atoms with E-state index in [0.717, 1.165) is 11.3 Å². The summed E-state index contributed by atoms with van der Waals surface area (Å²) in [6.07, 6.45) is 5.61. The molecule has 0 spiro atoms.